The van der Waals surface area contributed by atoms with E-state index in [2.05, 4.69) is 24.5 Å². The van der Waals surface area contributed by atoms with Crippen LogP contribution in [0.2, 0.25) is 10.0 Å². The Morgan fingerprint density at radius 3 is 2.00 bits per heavy atom. The third-order valence-electron chi connectivity index (χ3n) is 4.81. The van der Waals surface area contributed by atoms with Crippen molar-refractivity contribution >= 4 is 58.2 Å². The minimum Gasteiger partial charge on any atom is -0.325 e. The fourth-order valence-electron chi connectivity index (χ4n) is 2.94. The van der Waals surface area contributed by atoms with Crippen molar-refractivity contribution in [2.24, 2.45) is 0 Å². The Kier molecular flexibility index (Phi) is 8.24. The second-order valence-corrected chi connectivity index (χ2v) is 9.89. The maximum absolute atomic E-state index is 12.5. The molecule has 0 aliphatic heterocycles. The molecule has 1 atom stereocenters. The highest BCUT2D eigenvalue weighted by Crippen LogP contribution is 2.27. The zero-order chi connectivity index (χ0) is 23.3. The molecule has 2 amide bonds. The number of benzene rings is 3. The van der Waals surface area contributed by atoms with Gasteiger partial charge in [0.05, 0.1) is 15.8 Å². The van der Waals surface area contributed by atoms with Gasteiger partial charge in [0.1, 0.15) is 0 Å². The Bertz CT molecular complexity index is 1100. The lowest BCUT2D eigenvalue weighted by molar-refractivity contribution is -0.115. The molecule has 0 spiro atoms. The molecule has 0 bridgehead atoms. The molecule has 3 rings (SSSR count). The first-order valence-corrected chi connectivity index (χ1v) is 11.8. The minimum absolute atomic E-state index is 0.0675. The number of halogens is 2. The smallest absolute Gasteiger partial charge is 0.257 e. The van der Waals surface area contributed by atoms with Crippen LogP contribution < -0.4 is 10.6 Å². The maximum atomic E-state index is 12.5. The Labute approximate surface area is 202 Å². The molecule has 0 saturated heterocycles. The van der Waals surface area contributed by atoms with Gasteiger partial charge in [-0.2, -0.15) is 0 Å². The van der Waals surface area contributed by atoms with Crippen molar-refractivity contribution in [1.29, 1.82) is 0 Å². The van der Waals surface area contributed by atoms with Crippen molar-refractivity contribution in [2.45, 2.75) is 36.8 Å². The van der Waals surface area contributed by atoms with Gasteiger partial charge in [-0.05, 0) is 73.0 Å². The average Bonchev–Trinajstić information content (AvgIpc) is 2.75. The van der Waals surface area contributed by atoms with Gasteiger partial charge in [0.2, 0.25) is 5.91 Å². The van der Waals surface area contributed by atoms with E-state index in [4.69, 9.17) is 23.2 Å². The van der Waals surface area contributed by atoms with E-state index in [1.807, 2.05) is 43.3 Å². The van der Waals surface area contributed by atoms with E-state index in [-0.39, 0.29) is 17.1 Å². The molecule has 0 aliphatic carbocycles. The molecular formula is C25H24Cl2N2O2S. The first kappa shape index (κ1) is 24.2. The van der Waals surface area contributed by atoms with Crippen molar-refractivity contribution in [3.63, 3.8) is 0 Å². The maximum Gasteiger partial charge on any atom is 0.257 e. The molecule has 166 valence electrons. The molecule has 32 heavy (non-hydrogen) atoms. The number of rotatable bonds is 7. The van der Waals surface area contributed by atoms with E-state index < -0.39 is 0 Å². The summed E-state index contributed by atoms with van der Waals surface area (Å²) in [6, 6.07) is 20.0. The van der Waals surface area contributed by atoms with Crippen molar-refractivity contribution in [3.8, 4) is 0 Å². The van der Waals surface area contributed by atoms with E-state index in [0.29, 0.717) is 27.2 Å². The highest BCUT2D eigenvalue weighted by atomic mass is 35.5. The third kappa shape index (κ3) is 6.52. The molecule has 0 heterocycles. The van der Waals surface area contributed by atoms with E-state index in [1.165, 1.54) is 23.4 Å². The number of thioether (sulfide) groups is 1. The van der Waals surface area contributed by atoms with Crippen LogP contribution in [0.5, 0.6) is 0 Å². The standard InChI is InChI=1S/C25H24Cl2N2O2S/c1-15(2)17-4-7-19(8-5-17)28-24(30)16(3)32-21-11-9-20(10-12-21)29-25(31)22-13-6-18(26)14-23(22)27/h4-16H,1-3H3,(H,28,30)(H,29,31). The van der Waals surface area contributed by atoms with Gasteiger partial charge in [0, 0.05) is 21.3 Å². The van der Waals surface area contributed by atoms with Gasteiger partial charge in [0.25, 0.3) is 5.91 Å². The van der Waals surface area contributed by atoms with Crippen LogP contribution in [0, 0.1) is 0 Å². The van der Waals surface area contributed by atoms with Gasteiger partial charge >= 0.3 is 0 Å². The quantitative estimate of drug-likeness (QED) is 0.340. The third-order valence-corrected chi connectivity index (χ3v) is 6.47. The Balaban J connectivity index is 1.56. The number of anilines is 2. The van der Waals surface area contributed by atoms with Crippen molar-refractivity contribution in [2.75, 3.05) is 10.6 Å². The minimum atomic E-state index is -0.316. The summed E-state index contributed by atoms with van der Waals surface area (Å²) in [6.07, 6.45) is 0. The molecule has 0 aromatic heterocycles. The summed E-state index contributed by atoms with van der Waals surface area (Å²) in [7, 11) is 0. The zero-order valence-corrected chi connectivity index (χ0v) is 20.3. The lowest BCUT2D eigenvalue weighted by atomic mass is 10.0. The summed E-state index contributed by atoms with van der Waals surface area (Å²) in [5, 5.41) is 6.25. The van der Waals surface area contributed by atoms with Crippen LogP contribution in [0.25, 0.3) is 0 Å². The molecule has 0 fully saturated rings. The van der Waals surface area contributed by atoms with Crippen molar-refractivity contribution in [1.82, 2.24) is 0 Å². The van der Waals surface area contributed by atoms with Gasteiger partial charge in [-0.25, -0.2) is 0 Å². The van der Waals surface area contributed by atoms with Crippen LogP contribution in [0.1, 0.15) is 42.6 Å². The molecule has 0 radical (unpaired) electrons. The summed E-state index contributed by atoms with van der Waals surface area (Å²) in [5.74, 6) is 0.0653. The van der Waals surface area contributed by atoms with Crippen molar-refractivity contribution < 1.29 is 9.59 Å². The van der Waals surface area contributed by atoms with E-state index >= 15 is 0 Å². The number of amides is 2. The van der Waals surface area contributed by atoms with Crippen molar-refractivity contribution in [3.05, 3.63) is 87.9 Å². The molecule has 3 aromatic carbocycles. The number of carbonyl (C=O) groups excluding carboxylic acids is 2. The van der Waals surface area contributed by atoms with E-state index in [1.54, 1.807) is 24.3 Å². The van der Waals surface area contributed by atoms with E-state index in [9.17, 15) is 9.59 Å². The Hall–Kier alpha value is -2.47. The number of hydrogen-bond acceptors (Lipinski definition) is 3. The normalized spacial score (nSPS) is 11.8. The Morgan fingerprint density at radius 2 is 1.41 bits per heavy atom. The fraction of sp³-hybridized carbons (Fsp3) is 0.200. The van der Waals surface area contributed by atoms with Crippen LogP contribution in [0.15, 0.2) is 71.6 Å². The predicted octanol–water partition coefficient (Wildman–Crippen LogP) is 7.49. The van der Waals surface area contributed by atoms with Gasteiger partial charge in [-0.1, -0.05) is 49.2 Å². The summed E-state index contributed by atoms with van der Waals surface area (Å²) < 4.78 is 0. The zero-order valence-electron chi connectivity index (χ0n) is 18.0. The molecule has 3 aromatic rings. The highest BCUT2D eigenvalue weighted by molar-refractivity contribution is 8.00. The summed E-state index contributed by atoms with van der Waals surface area (Å²) in [4.78, 5) is 25.9. The van der Waals surface area contributed by atoms with Crippen LogP contribution >= 0.6 is 35.0 Å². The lowest BCUT2D eigenvalue weighted by Gasteiger charge is -2.13. The molecule has 1 unspecified atom stereocenters. The van der Waals surface area contributed by atoms with E-state index in [0.717, 1.165) is 10.6 Å². The summed E-state index contributed by atoms with van der Waals surface area (Å²) in [5.41, 5.74) is 3.00. The van der Waals surface area contributed by atoms with Gasteiger partial charge in [0.15, 0.2) is 0 Å². The number of nitrogens with one attached hydrogen (secondary N) is 2. The van der Waals surface area contributed by atoms with Crippen LogP contribution in [0.4, 0.5) is 11.4 Å². The Morgan fingerprint density at radius 1 is 0.812 bits per heavy atom. The second-order valence-electron chi connectivity index (χ2n) is 7.63. The molecule has 0 saturated carbocycles. The summed E-state index contributed by atoms with van der Waals surface area (Å²) >= 11 is 13.4. The monoisotopic (exact) mass is 486 g/mol. The molecular weight excluding hydrogens is 463 g/mol. The topological polar surface area (TPSA) is 58.2 Å². The summed E-state index contributed by atoms with van der Waals surface area (Å²) in [6.45, 7) is 6.13. The SMILES string of the molecule is CC(Sc1ccc(NC(=O)c2ccc(Cl)cc2Cl)cc1)C(=O)Nc1ccc(C(C)C)cc1. The predicted molar refractivity (Wildman–Crippen MR) is 135 cm³/mol. The molecule has 2 N–H and O–H groups in total. The number of carbonyl (C=O) groups is 2. The first-order chi connectivity index (χ1) is 15.2. The largest absolute Gasteiger partial charge is 0.325 e. The van der Waals surface area contributed by atoms with Crippen LogP contribution in [0.3, 0.4) is 0 Å². The average molecular weight is 487 g/mol. The van der Waals surface area contributed by atoms with Gasteiger partial charge in [-0.3, -0.25) is 9.59 Å². The molecule has 7 heteroatoms. The number of hydrogen-bond donors (Lipinski definition) is 2. The first-order valence-electron chi connectivity index (χ1n) is 10.2. The molecule has 4 nitrogen and oxygen atoms in total. The van der Waals surface area contributed by atoms with Gasteiger partial charge in [-0.15, -0.1) is 11.8 Å². The van der Waals surface area contributed by atoms with Crippen LogP contribution in [-0.4, -0.2) is 17.1 Å². The molecule has 0 aliphatic rings. The highest BCUT2D eigenvalue weighted by Gasteiger charge is 2.15. The second kappa shape index (κ2) is 10.9. The fourth-order valence-corrected chi connectivity index (χ4v) is 4.30. The van der Waals surface area contributed by atoms with Crippen LogP contribution in [-0.2, 0) is 4.79 Å². The lowest BCUT2D eigenvalue weighted by Crippen LogP contribution is -2.22. The van der Waals surface area contributed by atoms with Gasteiger partial charge < -0.3 is 10.6 Å².